The van der Waals surface area contributed by atoms with Crippen LogP contribution >= 0.6 is 0 Å². The monoisotopic (exact) mass is 495 g/mol. The number of aromatic amines is 1. The molecule has 0 radical (unpaired) electrons. The van der Waals surface area contributed by atoms with Crippen LogP contribution in [-0.2, 0) is 14.4 Å². The second-order valence-electron chi connectivity index (χ2n) is 7.76. The third kappa shape index (κ3) is 6.53. The molecular weight excluding hydrogens is 474 g/mol. The number of hydrogen-bond acceptors (Lipinski definition) is 5. The van der Waals surface area contributed by atoms with E-state index in [1.165, 1.54) is 24.3 Å². The number of halogens is 4. The van der Waals surface area contributed by atoms with E-state index >= 15 is 0 Å². The summed E-state index contributed by atoms with van der Waals surface area (Å²) in [5.41, 5.74) is 8.16. The molecule has 2 amide bonds. The summed E-state index contributed by atoms with van der Waals surface area (Å²) in [6.07, 6.45) is -2.82. The predicted octanol–water partition coefficient (Wildman–Crippen LogP) is 2.82. The smallest absolute Gasteiger partial charge is 0.475 e. The average molecular weight is 495 g/mol. The second-order valence-corrected chi connectivity index (χ2v) is 7.76. The summed E-state index contributed by atoms with van der Waals surface area (Å²) in [6.45, 7) is 0.778. The van der Waals surface area contributed by atoms with Gasteiger partial charge < -0.3 is 21.1 Å². The zero-order valence-electron chi connectivity index (χ0n) is 18.1. The van der Waals surface area contributed by atoms with E-state index in [-0.39, 0.29) is 23.5 Å². The molecule has 0 spiro atoms. The number of rotatable bonds is 4. The van der Waals surface area contributed by atoms with Gasteiger partial charge in [0.25, 0.3) is 0 Å². The zero-order chi connectivity index (χ0) is 25.8. The summed E-state index contributed by atoms with van der Waals surface area (Å²) in [6, 6.07) is 10.2. The van der Waals surface area contributed by atoms with Gasteiger partial charge in [0, 0.05) is 24.2 Å². The standard InChI is InChI=1S/C20H20FN5O2.C2HF3O2/c21-15-3-1-12(2-4-15)18(22)20(28)26-8-7-13(11-26)19(27)24-16-5-6-17-14(9-16)10-23-25-17;3-2(4,5)1(6)7/h1-6,9-10,13,18H,7-8,11,22H2,(H,23,25)(H,24,27);(H,6,7). The number of alkyl halides is 3. The van der Waals surface area contributed by atoms with Crippen molar-refractivity contribution in [3.05, 3.63) is 60.0 Å². The van der Waals surface area contributed by atoms with Crippen molar-refractivity contribution in [2.75, 3.05) is 18.4 Å². The number of anilines is 1. The number of carbonyl (C=O) groups excluding carboxylic acids is 2. The number of aliphatic carboxylic acids is 1. The Hall–Kier alpha value is -4.00. The quantitative estimate of drug-likeness (QED) is 0.410. The molecule has 4 rings (SSSR count). The molecule has 2 unspecified atom stereocenters. The highest BCUT2D eigenvalue weighted by molar-refractivity contribution is 5.95. The number of benzene rings is 2. The fraction of sp³-hybridized carbons (Fsp3) is 0.273. The van der Waals surface area contributed by atoms with Gasteiger partial charge >= 0.3 is 12.1 Å². The van der Waals surface area contributed by atoms with Crippen molar-refractivity contribution in [3.8, 4) is 0 Å². The molecule has 1 aliphatic rings. The number of likely N-dealkylation sites (tertiary alicyclic amines) is 1. The van der Waals surface area contributed by atoms with Crippen molar-refractivity contribution < 1.29 is 37.1 Å². The van der Waals surface area contributed by atoms with Crippen molar-refractivity contribution in [1.29, 1.82) is 0 Å². The first-order valence-electron chi connectivity index (χ1n) is 10.3. The maximum absolute atomic E-state index is 13.1. The van der Waals surface area contributed by atoms with Crippen LogP contribution in [0.25, 0.3) is 10.9 Å². The van der Waals surface area contributed by atoms with E-state index in [2.05, 4.69) is 15.5 Å². The van der Waals surface area contributed by atoms with Gasteiger partial charge in [-0.05, 0) is 42.3 Å². The zero-order valence-corrected chi connectivity index (χ0v) is 18.1. The summed E-state index contributed by atoms with van der Waals surface area (Å²) in [5.74, 6) is -3.83. The molecule has 35 heavy (non-hydrogen) atoms. The topological polar surface area (TPSA) is 141 Å². The summed E-state index contributed by atoms with van der Waals surface area (Å²) in [5, 5.41) is 17.8. The van der Waals surface area contributed by atoms with Crippen LogP contribution in [0.15, 0.2) is 48.7 Å². The van der Waals surface area contributed by atoms with Crippen molar-refractivity contribution >= 4 is 34.4 Å². The van der Waals surface area contributed by atoms with Gasteiger partial charge in [-0.1, -0.05) is 12.1 Å². The first-order chi connectivity index (χ1) is 16.5. The molecule has 3 aromatic rings. The Morgan fingerprint density at radius 2 is 1.83 bits per heavy atom. The average Bonchev–Trinajstić information content (AvgIpc) is 3.48. The summed E-state index contributed by atoms with van der Waals surface area (Å²) < 4.78 is 44.8. The van der Waals surface area contributed by atoms with E-state index in [4.69, 9.17) is 15.6 Å². The third-order valence-electron chi connectivity index (χ3n) is 5.32. The van der Waals surface area contributed by atoms with E-state index < -0.39 is 18.2 Å². The molecule has 2 atom stereocenters. The number of carboxylic acids is 1. The summed E-state index contributed by atoms with van der Waals surface area (Å²) in [4.78, 5) is 35.7. The van der Waals surface area contributed by atoms with E-state index in [0.717, 1.165) is 10.9 Å². The third-order valence-corrected chi connectivity index (χ3v) is 5.32. The Balaban J connectivity index is 0.000000429. The Bertz CT molecular complexity index is 1210. The van der Waals surface area contributed by atoms with Gasteiger partial charge in [0.05, 0.1) is 17.6 Å². The van der Waals surface area contributed by atoms with Gasteiger partial charge in [0.15, 0.2) is 0 Å². The predicted molar refractivity (Wildman–Crippen MR) is 116 cm³/mol. The van der Waals surface area contributed by atoms with Crippen molar-refractivity contribution in [3.63, 3.8) is 0 Å². The lowest BCUT2D eigenvalue weighted by atomic mass is 10.1. The Labute approximate surface area is 195 Å². The molecule has 2 aromatic carbocycles. The molecule has 186 valence electrons. The van der Waals surface area contributed by atoms with Crippen molar-refractivity contribution in [1.82, 2.24) is 15.1 Å². The summed E-state index contributed by atoms with van der Waals surface area (Å²) in [7, 11) is 0. The molecule has 13 heteroatoms. The Morgan fingerprint density at radius 3 is 2.46 bits per heavy atom. The van der Waals surface area contributed by atoms with E-state index in [1.807, 2.05) is 12.1 Å². The van der Waals surface area contributed by atoms with Crippen LogP contribution in [0.2, 0.25) is 0 Å². The minimum absolute atomic E-state index is 0.131. The highest BCUT2D eigenvalue weighted by Crippen LogP contribution is 2.23. The Kier molecular flexibility index (Phi) is 7.69. The maximum atomic E-state index is 13.1. The number of nitrogens with one attached hydrogen (secondary N) is 2. The minimum atomic E-state index is -5.08. The van der Waals surface area contributed by atoms with Gasteiger partial charge in [0.2, 0.25) is 11.8 Å². The fourth-order valence-corrected chi connectivity index (χ4v) is 3.45. The SMILES string of the molecule is NC(C(=O)N1CCC(C(=O)Nc2ccc3[nH]ncc3c2)C1)c1ccc(F)cc1.O=C(O)C(F)(F)F. The molecule has 9 nitrogen and oxygen atoms in total. The van der Waals surface area contributed by atoms with Gasteiger partial charge in [0.1, 0.15) is 11.9 Å². The molecule has 1 fully saturated rings. The Morgan fingerprint density at radius 1 is 1.17 bits per heavy atom. The fourth-order valence-electron chi connectivity index (χ4n) is 3.45. The van der Waals surface area contributed by atoms with Gasteiger partial charge in [-0.2, -0.15) is 18.3 Å². The number of H-pyrrole nitrogens is 1. The molecule has 1 aromatic heterocycles. The molecular formula is C22H21F4N5O4. The van der Waals surface area contributed by atoms with Crippen LogP contribution < -0.4 is 11.1 Å². The number of carbonyl (C=O) groups is 3. The van der Waals surface area contributed by atoms with Crippen LogP contribution in [0, 0.1) is 11.7 Å². The lowest BCUT2D eigenvalue weighted by Gasteiger charge is -2.21. The first kappa shape index (κ1) is 25.6. The molecule has 1 saturated heterocycles. The van der Waals surface area contributed by atoms with Crippen LogP contribution in [0.3, 0.4) is 0 Å². The highest BCUT2D eigenvalue weighted by atomic mass is 19.4. The van der Waals surface area contributed by atoms with Crippen LogP contribution in [-0.4, -0.2) is 57.3 Å². The number of nitrogens with two attached hydrogens (primary N) is 1. The molecule has 0 bridgehead atoms. The molecule has 2 heterocycles. The number of hydrogen-bond donors (Lipinski definition) is 4. The number of carboxylic acid groups (broad SMARTS) is 1. The number of fused-ring (bicyclic) bond motifs is 1. The normalized spacial score (nSPS) is 16.4. The molecule has 0 saturated carbocycles. The number of amides is 2. The lowest BCUT2D eigenvalue weighted by molar-refractivity contribution is -0.192. The van der Waals surface area contributed by atoms with Crippen LogP contribution in [0.4, 0.5) is 23.2 Å². The van der Waals surface area contributed by atoms with Crippen LogP contribution in [0.1, 0.15) is 18.0 Å². The molecule has 1 aliphatic heterocycles. The van der Waals surface area contributed by atoms with E-state index in [9.17, 15) is 27.2 Å². The largest absolute Gasteiger partial charge is 0.490 e. The number of aromatic nitrogens is 2. The van der Waals surface area contributed by atoms with Gasteiger partial charge in [-0.15, -0.1) is 0 Å². The van der Waals surface area contributed by atoms with Crippen LogP contribution in [0.5, 0.6) is 0 Å². The first-order valence-corrected chi connectivity index (χ1v) is 10.3. The summed E-state index contributed by atoms with van der Waals surface area (Å²) >= 11 is 0. The number of nitrogens with zero attached hydrogens (tertiary/aromatic N) is 2. The van der Waals surface area contributed by atoms with Gasteiger partial charge in [-0.3, -0.25) is 14.7 Å². The van der Waals surface area contributed by atoms with E-state index in [1.54, 1.807) is 17.2 Å². The van der Waals surface area contributed by atoms with Gasteiger partial charge in [-0.25, -0.2) is 9.18 Å². The maximum Gasteiger partial charge on any atom is 0.490 e. The van der Waals surface area contributed by atoms with Crippen molar-refractivity contribution in [2.24, 2.45) is 11.7 Å². The minimum Gasteiger partial charge on any atom is -0.475 e. The molecule has 0 aliphatic carbocycles. The van der Waals surface area contributed by atoms with Crippen molar-refractivity contribution in [2.45, 2.75) is 18.6 Å². The van der Waals surface area contributed by atoms with E-state index in [0.29, 0.717) is 30.8 Å². The molecule has 5 N–H and O–H groups in total. The second kappa shape index (κ2) is 10.5. The lowest BCUT2D eigenvalue weighted by Crippen LogP contribution is -2.38. The highest BCUT2D eigenvalue weighted by Gasteiger charge is 2.38.